The van der Waals surface area contributed by atoms with E-state index < -0.39 is 0 Å². The van der Waals surface area contributed by atoms with E-state index in [9.17, 15) is 0 Å². The van der Waals surface area contributed by atoms with Gasteiger partial charge in [-0.25, -0.2) is 0 Å². The van der Waals surface area contributed by atoms with Crippen LogP contribution < -0.4 is 16.8 Å². The van der Waals surface area contributed by atoms with Gasteiger partial charge in [-0.05, 0) is 35.2 Å². The molecule has 0 radical (unpaired) electrons. The smallest absolute Gasteiger partial charge is 0.0576 e. The third kappa shape index (κ3) is 1.56. The van der Waals surface area contributed by atoms with Crippen molar-refractivity contribution in [2.24, 2.45) is 5.73 Å². The quantitative estimate of drug-likeness (QED) is 0.619. The molecule has 92 valence electrons. The van der Waals surface area contributed by atoms with Crippen molar-refractivity contribution in [1.82, 2.24) is 0 Å². The highest BCUT2D eigenvalue weighted by atomic mass is 14.9. The number of benzene rings is 2. The molecule has 1 unspecified atom stereocenters. The summed E-state index contributed by atoms with van der Waals surface area (Å²) < 4.78 is 0. The molecule has 2 aromatic rings. The zero-order valence-corrected chi connectivity index (χ0v) is 10.4. The molecule has 1 aliphatic heterocycles. The summed E-state index contributed by atoms with van der Waals surface area (Å²) in [5, 5.41) is 3.42. The third-order valence-corrected chi connectivity index (χ3v) is 3.70. The summed E-state index contributed by atoms with van der Waals surface area (Å²) in [6.45, 7) is 2.76. The monoisotopic (exact) mass is 239 g/mol. The van der Waals surface area contributed by atoms with Crippen LogP contribution in [0.25, 0.3) is 0 Å². The van der Waals surface area contributed by atoms with Crippen LogP contribution >= 0.6 is 0 Å². The first-order valence-corrected chi connectivity index (χ1v) is 6.14. The zero-order chi connectivity index (χ0) is 12.7. The Balaban J connectivity index is 2.21. The minimum atomic E-state index is -0.117. The number of fused-ring (bicyclic) bond motifs is 2. The van der Waals surface area contributed by atoms with Crippen molar-refractivity contribution in [3.8, 4) is 0 Å². The maximum Gasteiger partial charge on any atom is 0.0576 e. The predicted octanol–water partition coefficient (Wildman–Crippen LogP) is 2.55. The Morgan fingerprint density at radius 2 is 1.89 bits per heavy atom. The molecule has 2 aromatic carbocycles. The van der Waals surface area contributed by atoms with E-state index in [-0.39, 0.29) is 6.04 Å². The minimum absolute atomic E-state index is 0.117. The molecular formula is C15H17N3. The second-order valence-electron chi connectivity index (χ2n) is 4.78. The lowest BCUT2D eigenvalue weighted by Gasteiger charge is -2.16. The van der Waals surface area contributed by atoms with E-state index in [1.165, 1.54) is 0 Å². The summed E-state index contributed by atoms with van der Waals surface area (Å²) in [5.74, 6) is 0. The van der Waals surface area contributed by atoms with Crippen LogP contribution in [-0.4, -0.2) is 0 Å². The molecule has 1 atom stereocenters. The summed E-state index contributed by atoms with van der Waals surface area (Å²) in [6.07, 6.45) is 0. The van der Waals surface area contributed by atoms with Gasteiger partial charge in [-0.1, -0.05) is 30.3 Å². The highest BCUT2D eigenvalue weighted by Crippen LogP contribution is 2.35. The Morgan fingerprint density at radius 3 is 2.72 bits per heavy atom. The van der Waals surface area contributed by atoms with Crippen molar-refractivity contribution in [3.63, 3.8) is 0 Å². The van der Waals surface area contributed by atoms with Gasteiger partial charge in [-0.15, -0.1) is 0 Å². The summed E-state index contributed by atoms with van der Waals surface area (Å²) in [7, 11) is 0. The fourth-order valence-electron chi connectivity index (χ4n) is 2.57. The van der Waals surface area contributed by atoms with Crippen molar-refractivity contribution >= 4 is 11.4 Å². The van der Waals surface area contributed by atoms with E-state index in [1.807, 2.05) is 25.1 Å². The molecule has 3 nitrogen and oxygen atoms in total. The molecule has 3 heteroatoms. The SMILES string of the molecule is Cc1ccc2c(c1N)CNc1ccccc1C2N. The van der Waals surface area contributed by atoms with Gasteiger partial charge in [0, 0.05) is 17.9 Å². The Morgan fingerprint density at radius 1 is 1.11 bits per heavy atom. The Hall–Kier alpha value is -2.00. The number of hydrogen-bond donors (Lipinski definition) is 3. The topological polar surface area (TPSA) is 64.1 Å². The lowest BCUT2D eigenvalue weighted by molar-refractivity contribution is 0.870. The number of para-hydroxylation sites is 1. The normalized spacial score (nSPS) is 17.3. The van der Waals surface area contributed by atoms with Crippen LogP contribution in [0.15, 0.2) is 36.4 Å². The van der Waals surface area contributed by atoms with Crippen molar-refractivity contribution in [2.45, 2.75) is 19.5 Å². The lowest BCUT2D eigenvalue weighted by atomic mass is 9.93. The number of rotatable bonds is 0. The van der Waals surface area contributed by atoms with Gasteiger partial charge >= 0.3 is 0 Å². The summed E-state index contributed by atoms with van der Waals surface area (Å²) in [6, 6.07) is 12.2. The number of nitrogens with one attached hydrogen (secondary N) is 1. The number of nitrogen functional groups attached to an aromatic ring is 1. The van der Waals surface area contributed by atoms with Gasteiger partial charge in [0.25, 0.3) is 0 Å². The van der Waals surface area contributed by atoms with Gasteiger partial charge in [-0.3, -0.25) is 0 Å². The number of aryl methyl sites for hydroxylation is 1. The van der Waals surface area contributed by atoms with Crippen LogP contribution in [0.4, 0.5) is 11.4 Å². The first-order chi connectivity index (χ1) is 8.68. The average Bonchev–Trinajstić information content (AvgIpc) is 2.53. The van der Waals surface area contributed by atoms with E-state index in [2.05, 4.69) is 23.5 Å². The Bertz CT molecular complexity index is 605. The maximum atomic E-state index is 6.38. The summed E-state index contributed by atoms with van der Waals surface area (Å²) in [5.41, 5.74) is 19.0. The summed E-state index contributed by atoms with van der Waals surface area (Å²) in [4.78, 5) is 0. The number of nitrogens with two attached hydrogens (primary N) is 2. The van der Waals surface area contributed by atoms with E-state index in [0.29, 0.717) is 0 Å². The van der Waals surface area contributed by atoms with E-state index in [0.717, 1.165) is 40.2 Å². The van der Waals surface area contributed by atoms with E-state index in [4.69, 9.17) is 11.5 Å². The molecule has 5 N–H and O–H groups in total. The maximum absolute atomic E-state index is 6.38. The lowest BCUT2D eigenvalue weighted by Crippen LogP contribution is -2.14. The van der Waals surface area contributed by atoms with Gasteiger partial charge < -0.3 is 16.8 Å². The first kappa shape index (κ1) is 11.1. The van der Waals surface area contributed by atoms with E-state index in [1.54, 1.807) is 0 Å². The molecule has 0 spiro atoms. The van der Waals surface area contributed by atoms with Crippen LogP contribution in [0.2, 0.25) is 0 Å². The number of hydrogen-bond acceptors (Lipinski definition) is 3. The van der Waals surface area contributed by atoms with Gasteiger partial charge in [0.1, 0.15) is 0 Å². The Labute approximate surface area is 107 Å². The molecule has 0 saturated carbocycles. The van der Waals surface area contributed by atoms with Crippen molar-refractivity contribution in [2.75, 3.05) is 11.1 Å². The third-order valence-electron chi connectivity index (χ3n) is 3.70. The standard InChI is InChI=1S/C15H17N3/c1-9-6-7-10-12(14(9)16)8-18-13-5-3-2-4-11(13)15(10)17/h2-7,15,18H,8,16-17H2,1H3. The van der Waals surface area contributed by atoms with Crippen LogP contribution in [0.5, 0.6) is 0 Å². The number of anilines is 2. The van der Waals surface area contributed by atoms with Gasteiger partial charge in [0.2, 0.25) is 0 Å². The molecule has 0 aliphatic carbocycles. The molecule has 0 fully saturated rings. The van der Waals surface area contributed by atoms with Gasteiger partial charge in [-0.2, -0.15) is 0 Å². The largest absolute Gasteiger partial charge is 0.398 e. The fourth-order valence-corrected chi connectivity index (χ4v) is 2.57. The zero-order valence-electron chi connectivity index (χ0n) is 10.4. The van der Waals surface area contributed by atoms with Crippen LogP contribution in [0.3, 0.4) is 0 Å². The van der Waals surface area contributed by atoms with Gasteiger partial charge in [0.05, 0.1) is 6.04 Å². The summed E-state index contributed by atoms with van der Waals surface area (Å²) >= 11 is 0. The van der Waals surface area contributed by atoms with Crippen molar-refractivity contribution < 1.29 is 0 Å². The molecular weight excluding hydrogens is 222 g/mol. The van der Waals surface area contributed by atoms with Crippen molar-refractivity contribution in [3.05, 3.63) is 58.7 Å². The second kappa shape index (κ2) is 4.03. The van der Waals surface area contributed by atoms with Crippen LogP contribution in [0.1, 0.15) is 28.3 Å². The highest BCUT2D eigenvalue weighted by Gasteiger charge is 2.21. The van der Waals surface area contributed by atoms with Crippen LogP contribution in [0, 0.1) is 6.92 Å². The molecule has 0 saturated heterocycles. The molecule has 0 amide bonds. The van der Waals surface area contributed by atoms with Crippen LogP contribution in [-0.2, 0) is 6.54 Å². The van der Waals surface area contributed by atoms with Gasteiger partial charge in [0.15, 0.2) is 0 Å². The Kier molecular flexibility index (Phi) is 2.49. The fraction of sp³-hybridized carbons (Fsp3) is 0.200. The molecule has 1 heterocycles. The highest BCUT2D eigenvalue weighted by molar-refractivity contribution is 5.65. The predicted molar refractivity (Wildman–Crippen MR) is 75.4 cm³/mol. The molecule has 3 rings (SSSR count). The molecule has 18 heavy (non-hydrogen) atoms. The van der Waals surface area contributed by atoms with Crippen molar-refractivity contribution in [1.29, 1.82) is 0 Å². The molecule has 0 aromatic heterocycles. The molecule has 1 aliphatic rings. The minimum Gasteiger partial charge on any atom is -0.398 e. The average molecular weight is 239 g/mol. The first-order valence-electron chi connectivity index (χ1n) is 6.14. The van der Waals surface area contributed by atoms with E-state index >= 15 is 0 Å². The second-order valence-corrected chi connectivity index (χ2v) is 4.78. The molecule has 0 bridgehead atoms.